The molecule has 0 saturated carbocycles. The molecule has 1 aliphatic heterocycles. The van der Waals surface area contributed by atoms with Gasteiger partial charge >= 0.3 is 0 Å². The Hall–Kier alpha value is -0.980. The van der Waals surface area contributed by atoms with Crippen LogP contribution in [0, 0.1) is 5.92 Å². The zero-order chi connectivity index (χ0) is 12.3. The molecule has 1 nitrogen and oxygen atoms in total. The van der Waals surface area contributed by atoms with Crippen molar-refractivity contribution >= 4 is 5.69 Å². The maximum absolute atomic E-state index is 3.57. The lowest BCUT2D eigenvalue weighted by Crippen LogP contribution is -2.22. The van der Waals surface area contributed by atoms with Crippen molar-refractivity contribution < 1.29 is 0 Å². The Balaban J connectivity index is 2.11. The average molecular weight is 231 g/mol. The lowest BCUT2D eigenvalue weighted by molar-refractivity contribution is 0.490. The van der Waals surface area contributed by atoms with Crippen molar-refractivity contribution in [3.8, 4) is 0 Å². The second-order valence-electron chi connectivity index (χ2n) is 5.46. The van der Waals surface area contributed by atoms with E-state index < -0.39 is 0 Å². The van der Waals surface area contributed by atoms with Gasteiger partial charge in [-0.3, -0.25) is 0 Å². The van der Waals surface area contributed by atoms with Crippen LogP contribution in [-0.4, -0.2) is 6.04 Å². The fraction of sp³-hybridized carbons (Fsp3) is 0.625. The smallest absolute Gasteiger partial charge is 0.0374 e. The zero-order valence-electron chi connectivity index (χ0n) is 11.4. The normalized spacial score (nSPS) is 18.9. The van der Waals surface area contributed by atoms with E-state index in [9.17, 15) is 0 Å². The van der Waals surface area contributed by atoms with Crippen molar-refractivity contribution in [2.45, 2.75) is 58.9 Å². The molecule has 0 spiro atoms. The number of nitrogens with one attached hydrogen (secondary N) is 1. The van der Waals surface area contributed by atoms with Crippen molar-refractivity contribution in [3.05, 3.63) is 29.3 Å². The first-order chi connectivity index (χ1) is 8.22. The van der Waals surface area contributed by atoms with E-state index in [-0.39, 0.29) is 0 Å². The minimum Gasteiger partial charge on any atom is -0.382 e. The van der Waals surface area contributed by atoms with Crippen molar-refractivity contribution in [1.29, 1.82) is 0 Å². The number of hydrogen-bond acceptors (Lipinski definition) is 1. The summed E-state index contributed by atoms with van der Waals surface area (Å²) < 4.78 is 0. The van der Waals surface area contributed by atoms with Gasteiger partial charge in [-0.1, -0.05) is 38.8 Å². The van der Waals surface area contributed by atoms with Crippen molar-refractivity contribution in [3.63, 3.8) is 0 Å². The van der Waals surface area contributed by atoms with Crippen LogP contribution in [0.4, 0.5) is 5.69 Å². The van der Waals surface area contributed by atoms with Gasteiger partial charge < -0.3 is 5.32 Å². The van der Waals surface area contributed by atoms with E-state index in [0.717, 1.165) is 5.92 Å². The summed E-state index contributed by atoms with van der Waals surface area (Å²) in [6, 6.07) is 7.64. The summed E-state index contributed by atoms with van der Waals surface area (Å²) in [4.78, 5) is 0. The number of rotatable bonds is 4. The Morgan fingerprint density at radius 3 is 2.76 bits per heavy atom. The van der Waals surface area contributed by atoms with Crippen LogP contribution in [0.25, 0.3) is 0 Å². The number of hydrogen-bond donors (Lipinski definition) is 1. The van der Waals surface area contributed by atoms with Crippen molar-refractivity contribution in [2.75, 3.05) is 5.32 Å². The summed E-state index contributed by atoms with van der Waals surface area (Å²) >= 11 is 0. The van der Waals surface area contributed by atoms with Gasteiger partial charge in [-0.25, -0.2) is 0 Å². The van der Waals surface area contributed by atoms with Gasteiger partial charge in [0.1, 0.15) is 0 Å². The molecule has 0 fully saturated rings. The summed E-state index contributed by atoms with van der Waals surface area (Å²) in [6.07, 6.45) is 6.34. The number of benzene rings is 1. The third-order valence-electron chi connectivity index (χ3n) is 4.10. The highest BCUT2D eigenvalue weighted by molar-refractivity contribution is 5.55. The van der Waals surface area contributed by atoms with Gasteiger partial charge in [-0.05, 0) is 49.3 Å². The van der Waals surface area contributed by atoms with E-state index in [4.69, 9.17) is 0 Å². The summed E-state index contributed by atoms with van der Waals surface area (Å²) in [7, 11) is 0. The second-order valence-corrected chi connectivity index (χ2v) is 5.46. The van der Waals surface area contributed by atoms with E-state index in [1.165, 1.54) is 48.9 Å². The van der Waals surface area contributed by atoms with Gasteiger partial charge in [-0.15, -0.1) is 0 Å². The molecule has 1 aliphatic rings. The van der Waals surface area contributed by atoms with Crippen LogP contribution < -0.4 is 5.32 Å². The monoisotopic (exact) mass is 231 g/mol. The van der Waals surface area contributed by atoms with E-state index in [2.05, 4.69) is 44.3 Å². The minimum absolute atomic E-state index is 0.632. The quantitative estimate of drug-likeness (QED) is 0.809. The lowest BCUT2D eigenvalue weighted by Gasteiger charge is -2.25. The molecule has 0 aliphatic carbocycles. The highest BCUT2D eigenvalue weighted by Crippen LogP contribution is 2.27. The van der Waals surface area contributed by atoms with E-state index in [0.29, 0.717) is 6.04 Å². The van der Waals surface area contributed by atoms with Crippen LogP contribution in [0.3, 0.4) is 0 Å². The van der Waals surface area contributed by atoms with Gasteiger partial charge in [0.15, 0.2) is 0 Å². The van der Waals surface area contributed by atoms with Gasteiger partial charge in [0.2, 0.25) is 0 Å². The molecule has 0 bridgehead atoms. The first kappa shape index (κ1) is 12.5. The molecule has 1 heterocycles. The predicted molar refractivity (Wildman–Crippen MR) is 75.6 cm³/mol. The molecule has 1 atom stereocenters. The Kier molecular flexibility index (Phi) is 4.09. The van der Waals surface area contributed by atoms with Gasteiger partial charge in [0, 0.05) is 11.7 Å². The molecule has 17 heavy (non-hydrogen) atoms. The summed E-state index contributed by atoms with van der Waals surface area (Å²) in [6.45, 7) is 6.87. The first-order valence-electron chi connectivity index (χ1n) is 7.11. The predicted octanol–water partition coefficient (Wildman–Crippen LogP) is 4.41. The van der Waals surface area contributed by atoms with Crippen LogP contribution in [0.1, 0.15) is 51.2 Å². The number of aryl methyl sites for hydroxylation is 1. The molecule has 1 aromatic carbocycles. The molecule has 2 rings (SSSR count). The average Bonchev–Trinajstić information content (AvgIpc) is 2.36. The molecule has 1 aromatic rings. The third kappa shape index (κ3) is 3.02. The Morgan fingerprint density at radius 2 is 2.06 bits per heavy atom. The van der Waals surface area contributed by atoms with Gasteiger partial charge in [-0.2, -0.15) is 0 Å². The summed E-state index contributed by atoms with van der Waals surface area (Å²) in [5.41, 5.74) is 4.40. The number of fused-ring (bicyclic) bond motifs is 1. The minimum atomic E-state index is 0.632. The molecule has 1 heteroatoms. The molecule has 1 N–H and O–H groups in total. The molecular formula is C16H25N. The van der Waals surface area contributed by atoms with Crippen LogP contribution in [0.15, 0.2) is 18.2 Å². The van der Waals surface area contributed by atoms with E-state index in [1.54, 1.807) is 0 Å². The van der Waals surface area contributed by atoms with Crippen LogP contribution in [0.2, 0.25) is 0 Å². The largest absolute Gasteiger partial charge is 0.382 e. The highest BCUT2D eigenvalue weighted by Gasteiger charge is 2.14. The molecule has 0 amide bonds. The van der Waals surface area contributed by atoms with Crippen LogP contribution >= 0.6 is 0 Å². The fourth-order valence-electron chi connectivity index (χ4n) is 2.74. The molecule has 94 valence electrons. The van der Waals surface area contributed by atoms with Crippen LogP contribution in [-0.2, 0) is 12.8 Å². The fourth-order valence-corrected chi connectivity index (χ4v) is 2.74. The topological polar surface area (TPSA) is 12.0 Å². The van der Waals surface area contributed by atoms with Gasteiger partial charge in [0.05, 0.1) is 0 Å². The van der Waals surface area contributed by atoms with E-state index in [1.807, 2.05) is 0 Å². The van der Waals surface area contributed by atoms with Crippen LogP contribution in [0.5, 0.6) is 0 Å². The SMILES string of the molecule is CCC(CC)Cc1ccc2c(c1)CCC(C)N2. The standard InChI is InChI=1S/C16H25N/c1-4-13(5-2)10-14-7-9-16-15(11-14)8-6-12(3)17-16/h7,9,11-13,17H,4-6,8,10H2,1-3H3. The molecule has 0 saturated heterocycles. The zero-order valence-corrected chi connectivity index (χ0v) is 11.4. The Labute approximate surface area is 106 Å². The Morgan fingerprint density at radius 1 is 1.29 bits per heavy atom. The molecular weight excluding hydrogens is 206 g/mol. The summed E-state index contributed by atoms with van der Waals surface area (Å²) in [5.74, 6) is 0.850. The molecule has 1 unspecified atom stereocenters. The highest BCUT2D eigenvalue weighted by atomic mass is 14.9. The maximum atomic E-state index is 3.57. The van der Waals surface area contributed by atoms with E-state index >= 15 is 0 Å². The molecule has 0 aromatic heterocycles. The van der Waals surface area contributed by atoms with Crippen molar-refractivity contribution in [2.24, 2.45) is 5.92 Å². The first-order valence-corrected chi connectivity index (χ1v) is 7.11. The van der Waals surface area contributed by atoms with Crippen molar-refractivity contribution in [1.82, 2.24) is 0 Å². The lowest BCUT2D eigenvalue weighted by atomic mass is 9.91. The Bertz CT molecular complexity index is 366. The molecule has 0 radical (unpaired) electrons. The second kappa shape index (κ2) is 5.57. The van der Waals surface area contributed by atoms with Gasteiger partial charge in [0.25, 0.3) is 0 Å². The third-order valence-corrected chi connectivity index (χ3v) is 4.10. The maximum Gasteiger partial charge on any atom is 0.0374 e. The number of anilines is 1. The summed E-state index contributed by atoms with van der Waals surface area (Å²) in [5, 5.41) is 3.57.